The van der Waals surface area contributed by atoms with Crippen molar-refractivity contribution in [2.24, 2.45) is 5.73 Å². The molecule has 0 atom stereocenters. The topological polar surface area (TPSA) is 44.5 Å². The minimum absolute atomic E-state index is 0.775. The van der Waals surface area contributed by atoms with Gasteiger partial charge in [-0.25, -0.2) is 0 Å². The van der Waals surface area contributed by atoms with Crippen LogP contribution in [-0.2, 0) is 0 Å². The summed E-state index contributed by atoms with van der Waals surface area (Å²) in [4.78, 5) is 0. The Bertz CT molecular complexity index is 272. The van der Waals surface area contributed by atoms with E-state index in [1.165, 1.54) is 12.8 Å². The van der Waals surface area contributed by atoms with Crippen LogP contribution >= 0.6 is 0 Å². The number of methoxy groups -OCH3 is 1. The molecule has 0 bridgehead atoms. The molecule has 0 spiro atoms. The highest BCUT2D eigenvalue weighted by Gasteiger charge is 1.95. The van der Waals surface area contributed by atoms with Crippen molar-refractivity contribution in [3.05, 3.63) is 24.3 Å². The van der Waals surface area contributed by atoms with E-state index in [0.717, 1.165) is 37.5 Å². The van der Waals surface area contributed by atoms with Gasteiger partial charge in [-0.1, -0.05) is 12.8 Å². The normalized spacial score (nSPS) is 10.1. The standard InChI is InChI=1S/C13H21NO2/c1-15-12-6-8-13(9-7-12)16-11-5-3-2-4-10-14/h6-9H,2-5,10-11,14H2,1H3. The van der Waals surface area contributed by atoms with Crippen molar-refractivity contribution in [1.82, 2.24) is 0 Å². The molecule has 0 aliphatic carbocycles. The highest BCUT2D eigenvalue weighted by molar-refractivity contribution is 5.30. The average molecular weight is 223 g/mol. The van der Waals surface area contributed by atoms with Gasteiger partial charge in [0.2, 0.25) is 0 Å². The summed E-state index contributed by atoms with van der Waals surface area (Å²) < 4.78 is 10.7. The molecule has 0 unspecified atom stereocenters. The van der Waals surface area contributed by atoms with Gasteiger partial charge in [0.25, 0.3) is 0 Å². The van der Waals surface area contributed by atoms with Crippen LogP contribution in [-0.4, -0.2) is 20.3 Å². The van der Waals surface area contributed by atoms with E-state index >= 15 is 0 Å². The Kier molecular flexibility index (Phi) is 6.42. The molecule has 0 fully saturated rings. The number of hydrogen-bond acceptors (Lipinski definition) is 3. The summed E-state index contributed by atoms with van der Waals surface area (Å²) >= 11 is 0. The van der Waals surface area contributed by atoms with Crippen LogP contribution in [0.2, 0.25) is 0 Å². The maximum Gasteiger partial charge on any atom is 0.119 e. The van der Waals surface area contributed by atoms with Gasteiger partial charge in [-0.05, 0) is 43.7 Å². The minimum Gasteiger partial charge on any atom is -0.497 e. The van der Waals surface area contributed by atoms with E-state index in [9.17, 15) is 0 Å². The molecule has 2 N–H and O–H groups in total. The number of rotatable bonds is 8. The van der Waals surface area contributed by atoms with E-state index in [2.05, 4.69) is 0 Å². The van der Waals surface area contributed by atoms with E-state index in [1.54, 1.807) is 7.11 Å². The van der Waals surface area contributed by atoms with Crippen molar-refractivity contribution in [2.75, 3.05) is 20.3 Å². The number of hydrogen-bond donors (Lipinski definition) is 1. The van der Waals surface area contributed by atoms with Gasteiger partial charge in [0.05, 0.1) is 13.7 Å². The zero-order chi connectivity index (χ0) is 11.6. The molecule has 0 aromatic heterocycles. The molecule has 3 heteroatoms. The number of unbranched alkanes of at least 4 members (excludes halogenated alkanes) is 3. The van der Waals surface area contributed by atoms with Gasteiger partial charge < -0.3 is 15.2 Å². The molecule has 0 radical (unpaired) electrons. The molecular formula is C13H21NO2. The molecule has 1 rings (SSSR count). The molecule has 0 saturated carbocycles. The Morgan fingerprint density at radius 2 is 1.56 bits per heavy atom. The summed E-state index contributed by atoms with van der Waals surface area (Å²) in [6.07, 6.45) is 4.59. The van der Waals surface area contributed by atoms with Gasteiger partial charge >= 0.3 is 0 Å². The van der Waals surface area contributed by atoms with Crippen LogP contribution in [0.3, 0.4) is 0 Å². The molecule has 0 amide bonds. The van der Waals surface area contributed by atoms with Crippen molar-refractivity contribution in [3.63, 3.8) is 0 Å². The lowest BCUT2D eigenvalue weighted by atomic mass is 10.2. The molecule has 1 aromatic carbocycles. The Labute approximate surface area is 97.6 Å². The van der Waals surface area contributed by atoms with Gasteiger partial charge in [-0.2, -0.15) is 0 Å². The van der Waals surface area contributed by atoms with E-state index in [0.29, 0.717) is 0 Å². The van der Waals surface area contributed by atoms with E-state index < -0.39 is 0 Å². The SMILES string of the molecule is COc1ccc(OCCCCCCN)cc1. The quantitative estimate of drug-likeness (QED) is 0.689. The predicted octanol–water partition coefficient (Wildman–Crippen LogP) is 2.59. The maximum absolute atomic E-state index is 5.60. The van der Waals surface area contributed by atoms with Crippen LogP contribution in [0.5, 0.6) is 11.5 Å². The Morgan fingerprint density at radius 3 is 2.19 bits per heavy atom. The number of ether oxygens (including phenoxy) is 2. The van der Waals surface area contributed by atoms with Crippen molar-refractivity contribution in [1.29, 1.82) is 0 Å². The first-order valence-corrected chi connectivity index (χ1v) is 5.83. The first-order valence-electron chi connectivity index (χ1n) is 5.83. The summed E-state index contributed by atoms with van der Waals surface area (Å²) in [5, 5.41) is 0. The highest BCUT2D eigenvalue weighted by Crippen LogP contribution is 2.17. The summed E-state index contributed by atoms with van der Waals surface area (Å²) in [5.74, 6) is 1.76. The molecule has 90 valence electrons. The van der Waals surface area contributed by atoms with Crippen LogP contribution < -0.4 is 15.2 Å². The lowest BCUT2D eigenvalue weighted by Gasteiger charge is -2.06. The van der Waals surface area contributed by atoms with Crippen LogP contribution in [0.4, 0.5) is 0 Å². The average Bonchev–Trinajstić information content (AvgIpc) is 2.34. The Balaban J connectivity index is 2.12. The van der Waals surface area contributed by atoms with Gasteiger partial charge in [0.1, 0.15) is 11.5 Å². The molecule has 0 saturated heterocycles. The third-order valence-corrected chi connectivity index (χ3v) is 2.43. The molecule has 3 nitrogen and oxygen atoms in total. The fourth-order valence-electron chi connectivity index (χ4n) is 1.46. The van der Waals surface area contributed by atoms with E-state index in [4.69, 9.17) is 15.2 Å². The van der Waals surface area contributed by atoms with Crippen molar-refractivity contribution in [3.8, 4) is 11.5 Å². The fraction of sp³-hybridized carbons (Fsp3) is 0.538. The smallest absolute Gasteiger partial charge is 0.119 e. The maximum atomic E-state index is 5.60. The van der Waals surface area contributed by atoms with E-state index in [1.807, 2.05) is 24.3 Å². The lowest BCUT2D eigenvalue weighted by molar-refractivity contribution is 0.304. The zero-order valence-electron chi connectivity index (χ0n) is 9.95. The van der Waals surface area contributed by atoms with Crippen molar-refractivity contribution >= 4 is 0 Å². The second kappa shape index (κ2) is 7.99. The zero-order valence-corrected chi connectivity index (χ0v) is 9.95. The second-order valence-electron chi connectivity index (χ2n) is 3.73. The predicted molar refractivity (Wildman–Crippen MR) is 66.0 cm³/mol. The molecule has 1 aromatic rings. The van der Waals surface area contributed by atoms with Gasteiger partial charge in [0.15, 0.2) is 0 Å². The molecule has 0 aliphatic heterocycles. The number of benzene rings is 1. The molecular weight excluding hydrogens is 202 g/mol. The van der Waals surface area contributed by atoms with Gasteiger partial charge in [-0.15, -0.1) is 0 Å². The first kappa shape index (κ1) is 12.8. The molecule has 0 aliphatic rings. The monoisotopic (exact) mass is 223 g/mol. The summed E-state index contributed by atoms with van der Waals surface area (Å²) in [5.41, 5.74) is 5.42. The van der Waals surface area contributed by atoms with Crippen LogP contribution in [0.15, 0.2) is 24.3 Å². The Morgan fingerprint density at radius 1 is 0.938 bits per heavy atom. The van der Waals surface area contributed by atoms with Gasteiger partial charge in [-0.3, -0.25) is 0 Å². The lowest BCUT2D eigenvalue weighted by Crippen LogP contribution is -2.00. The summed E-state index contributed by atoms with van der Waals surface area (Å²) in [6, 6.07) is 7.67. The van der Waals surface area contributed by atoms with Crippen LogP contribution in [0.1, 0.15) is 25.7 Å². The highest BCUT2D eigenvalue weighted by atomic mass is 16.5. The van der Waals surface area contributed by atoms with E-state index in [-0.39, 0.29) is 0 Å². The Hall–Kier alpha value is -1.22. The first-order chi connectivity index (χ1) is 7.86. The third kappa shape index (κ3) is 5.03. The fourth-order valence-corrected chi connectivity index (χ4v) is 1.46. The second-order valence-corrected chi connectivity index (χ2v) is 3.73. The number of nitrogens with two attached hydrogens (primary N) is 1. The van der Waals surface area contributed by atoms with Crippen LogP contribution in [0, 0.1) is 0 Å². The molecule has 16 heavy (non-hydrogen) atoms. The van der Waals surface area contributed by atoms with Crippen LogP contribution in [0.25, 0.3) is 0 Å². The summed E-state index contributed by atoms with van der Waals surface area (Å²) in [6.45, 7) is 1.57. The summed E-state index contributed by atoms with van der Waals surface area (Å²) in [7, 11) is 1.66. The van der Waals surface area contributed by atoms with Crippen molar-refractivity contribution in [2.45, 2.75) is 25.7 Å². The largest absolute Gasteiger partial charge is 0.497 e. The van der Waals surface area contributed by atoms with Gasteiger partial charge in [0, 0.05) is 0 Å². The minimum atomic E-state index is 0.775. The van der Waals surface area contributed by atoms with Crippen molar-refractivity contribution < 1.29 is 9.47 Å². The molecule has 0 heterocycles. The third-order valence-electron chi connectivity index (χ3n) is 2.43.